The molecule has 0 spiro atoms. The molecule has 7 heteroatoms. The van der Waals surface area contributed by atoms with E-state index in [1.807, 2.05) is 27.7 Å². The van der Waals surface area contributed by atoms with E-state index in [4.69, 9.17) is 4.74 Å². The third kappa shape index (κ3) is 5.56. The van der Waals surface area contributed by atoms with Crippen LogP contribution in [0.5, 0.6) is 5.75 Å². The van der Waals surface area contributed by atoms with E-state index < -0.39 is 10.0 Å². The highest BCUT2D eigenvalue weighted by Gasteiger charge is 2.23. The van der Waals surface area contributed by atoms with Crippen molar-refractivity contribution in [3.8, 4) is 5.75 Å². The Kier molecular flexibility index (Phi) is 6.85. The molecule has 0 aromatic heterocycles. The summed E-state index contributed by atoms with van der Waals surface area (Å²) in [7, 11) is -2.14. The van der Waals surface area contributed by atoms with E-state index in [0.717, 1.165) is 0 Å². The van der Waals surface area contributed by atoms with Gasteiger partial charge in [-0.15, -0.1) is 0 Å². The Morgan fingerprint density at radius 3 is 2.32 bits per heavy atom. The summed E-state index contributed by atoms with van der Waals surface area (Å²) in [6.45, 7) is 8.09. The van der Waals surface area contributed by atoms with Crippen LogP contribution in [-0.4, -0.2) is 37.8 Å². The Morgan fingerprint density at radius 1 is 1.11 bits per heavy atom. The average Bonchev–Trinajstić information content (AvgIpc) is 2.62. The first kappa shape index (κ1) is 21.9. The molecular formula is C21H28N2O4S. The fourth-order valence-corrected chi connectivity index (χ4v) is 3.82. The molecule has 6 nitrogen and oxygen atoms in total. The van der Waals surface area contributed by atoms with Crippen molar-refractivity contribution in [1.29, 1.82) is 0 Å². The summed E-state index contributed by atoms with van der Waals surface area (Å²) in [5.74, 6) is 0.343. The normalized spacial score (nSPS) is 12.1. The molecule has 0 unspecified atom stereocenters. The first-order valence-corrected chi connectivity index (χ1v) is 10.6. The molecule has 0 fully saturated rings. The maximum absolute atomic E-state index is 12.8. The van der Waals surface area contributed by atoms with Crippen LogP contribution in [-0.2, 0) is 16.6 Å². The van der Waals surface area contributed by atoms with Gasteiger partial charge in [-0.05, 0) is 58.0 Å². The van der Waals surface area contributed by atoms with E-state index in [0.29, 0.717) is 23.5 Å². The van der Waals surface area contributed by atoms with Crippen LogP contribution in [0.15, 0.2) is 53.4 Å². The number of hydrogen-bond acceptors (Lipinski definition) is 4. The maximum atomic E-state index is 12.8. The predicted molar refractivity (Wildman–Crippen MR) is 110 cm³/mol. The molecule has 28 heavy (non-hydrogen) atoms. The van der Waals surface area contributed by atoms with Crippen molar-refractivity contribution in [3.05, 3.63) is 59.7 Å². The van der Waals surface area contributed by atoms with Crippen LogP contribution >= 0.6 is 0 Å². The number of benzene rings is 2. The van der Waals surface area contributed by atoms with Gasteiger partial charge in [0.2, 0.25) is 10.0 Å². The molecular weight excluding hydrogens is 376 g/mol. The van der Waals surface area contributed by atoms with Crippen LogP contribution < -0.4 is 10.1 Å². The van der Waals surface area contributed by atoms with Crippen molar-refractivity contribution in [1.82, 2.24) is 9.62 Å². The van der Waals surface area contributed by atoms with Crippen molar-refractivity contribution in [3.63, 3.8) is 0 Å². The fraction of sp³-hybridized carbons (Fsp3) is 0.381. The van der Waals surface area contributed by atoms with Gasteiger partial charge >= 0.3 is 0 Å². The van der Waals surface area contributed by atoms with Gasteiger partial charge in [0.1, 0.15) is 5.75 Å². The lowest BCUT2D eigenvalue weighted by Crippen LogP contribution is -2.40. The minimum absolute atomic E-state index is 0.0865. The fourth-order valence-electron chi connectivity index (χ4n) is 2.65. The number of amides is 1. The standard InChI is InChI=1S/C21H28N2O4S/c1-6-27-19-13-12-16(20(24)22-21(2,3)4)14-17(19)15-23(5)28(25,26)18-10-8-7-9-11-18/h7-14H,6,15H2,1-5H3,(H,22,24). The lowest BCUT2D eigenvalue weighted by Gasteiger charge is -2.22. The SMILES string of the molecule is CCOc1ccc(C(=O)NC(C)(C)C)cc1CN(C)S(=O)(=O)c1ccccc1. The van der Waals surface area contributed by atoms with E-state index >= 15 is 0 Å². The molecule has 0 bridgehead atoms. The van der Waals surface area contributed by atoms with Gasteiger partial charge in [0.25, 0.3) is 5.91 Å². The average molecular weight is 405 g/mol. The maximum Gasteiger partial charge on any atom is 0.251 e. The van der Waals surface area contributed by atoms with Gasteiger partial charge in [-0.3, -0.25) is 4.79 Å². The van der Waals surface area contributed by atoms with Crippen LogP contribution in [0.2, 0.25) is 0 Å². The van der Waals surface area contributed by atoms with Crippen LogP contribution in [0, 0.1) is 0 Å². The largest absolute Gasteiger partial charge is 0.494 e. The van der Waals surface area contributed by atoms with Gasteiger partial charge in [-0.25, -0.2) is 8.42 Å². The van der Waals surface area contributed by atoms with Gasteiger partial charge < -0.3 is 10.1 Å². The highest BCUT2D eigenvalue weighted by atomic mass is 32.2. The molecule has 152 valence electrons. The lowest BCUT2D eigenvalue weighted by molar-refractivity contribution is 0.0919. The molecule has 1 amide bonds. The Bertz CT molecular complexity index is 919. The van der Waals surface area contributed by atoms with E-state index in [2.05, 4.69) is 5.32 Å². The minimum atomic E-state index is -3.65. The van der Waals surface area contributed by atoms with Gasteiger partial charge in [-0.2, -0.15) is 4.31 Å². The Morgan fingerprint density at radius 2 is 1.75 bits per heavy atom. The predicted octanol–water partition coefficient (Wildman–Crippen LogP) is 3.43. The number of carbonyl (C=O) groups excluding carboxylic acids is 1. The number of ether oxygens (including phenoxy) is 1. The molecule has 0 aliphatic heterocycles. The lowest BCUT2D eigenvalue weighted by atomic mass is 10.1. The topological polar surface area (TPSA) is 75.7 Å². The molecule has 2 aromatic rings. The second-order valence-electron chi connectivity index (χ2n) is 7.53. The zero-order valence-corrected chi connectivity index (χ0v) is 17.8. The summed E-state index contributed by atoms with van der Waals surface area (Å²) in [6.07, 6.45) is 0. The number of carbonyl (C=O) groups is 1. The third-order valence-electron chi connectivity index (χ3n) is 3.96. The van der Waals surface area contributed by atoms with Crippen LogP contribution in [0.3, 0.4) is 0 Å². The van der Waals surface area contributed by atoms with E-state index in [-0.39, 0.29) is 22.9 Å². The molecule has 1 N–H and O–H groups in total. The number of nitrogens with zero attached hydrogens (tertiary/aromatic N) is 1. The Balaban J connectivity index is 2.34. The van der Waals surface area contributed by atoms with Crippen LogP contribution in [0.4, 0.5) is 0 Å². The number of nitrogens with one attached hydrogen (secondary N) is 1. The van der Waals surface area contributed by atoms with Gasteiger partial charge in [0.05, 0.1) is 11.5 Å². The number of hydrogen-bond donors (Lipinski definition) is 1. The molecule has 2 aromatic carbocycles. The summed E-state index contributed by atoms with van der Waals surface area (Å²) < 4.78 is 32.5. The van der Waals surface area contributed by atoms with Crippen molar-refractivity contribution >= 4 is 15.9 Å². The Labute approximate surface area is 167 Å². The van der Waals surface area contributed by atoms with Crippen LogP contribution in [0.25, 0.3) is 0 Å². The smallest absolute Gasteiger partial charge is 0.251 e. The summed E-state index contributed by atoms with van der Waals surface area (Å²) >= 11 is 0. The summed E-state index contributed by atoms with van der Waals surface area (Å²) in [5, 5.41) is 2.91. The number of sulfonamides is 1. The van der Waals surface area contributed by atoms with Crippen molar-refractivity contribution in [2.75, 3.05) is 13.7 Å². The molecule has 0 radical (unpaired) electrons. The van der Waals surface area contributed by atoms with Crippen molar-refractivity contribution < 1.29 is 17.9 Å². The first-order valence-electron chi connectivity index (χ1n) is 9.14. The highest BCUT2D eigenvalue weighted by Crippen LogP contribution is 2.25. The quantitative estimate of drug-likeness (QED) is 0.767. The van der Waals surface area contributed by atoms with Gasteiger partial charge in [0, 0.05) is 30.3 Å². The summed E-state index contributed by atoms with van der Waals surface area (Å²) in [4.78, 5) is 12.7. The van der Waals surface area contributed by atoms with Crippen molar-refractivity contribution in [2.24, 2.45) is 0 Å². The molecule has 2 rings (SSSR count). The third-order valence-corrected chi connectivity index (χ3v) is 5.77. The van der Waals surface area contributed by atoms with E-state index in [1.165, 1.54) is 11.4 Å². The summed E-state index contributed by atoms with van der Waals surface area (Å²) in [5.41, 5.74) is 0.716. The Hall–Kier alpha value is -2.38. The highest BCUT2D eigenvalue weighted by molar-refractivity contribution is 7.89. The monoisotopic (exact) mass is 404 g/mol. The molecule has 0 heterocycles. The number of rotatable bonds is 7. The summed E-state index contributed by atoms with van der Waals surface area (Å²) in [6, 6.07) is 13.3. The van der Waals surface area contributed by atoms with Gasteiger partial charge in [-0.1, -0.05) is 18.2 Å². The zero-order valence-electron chi connectivity index (χ0n) is 17.0. The molecule has 0 atom stereocenters. The van der Waals surface area contributed by atoms with E-state index in [1.54, 1.807) is 48.5 Å². The zero-order chi connectivity index (χ0) is 20.9. The first-order chi connectivity index (χ1) is 13.0. The van der Waals surface area contributed by atoms with Gasteiger partial charge in [0.15, 0.2) is 0 Å². The minimum Gasteiger partial charge on any atom is -0.494 e. The second-order valence-corrected chi connectivity index (χ2v) is 9.58. The molecule has 0 saturated heterocycles. The van der Waals surface area contributed by atoms with E-state index in [9.17, 15) is 13.2 Å². The molecule has 0 aliphatic carbocycles. The van der Waals surface area contributed by atoms with Crippen LogP contribution in [0.1, 0.15) is 43.6 Å². The molecule has 0 saturated carbocycles. The second kappa shape index (κ2) is 8.75. The molecule has 0 aliphatic rings. The van der Waals surface area contributed by atoms with Crippen molar-refractivity contribution in [2.45, 2.75) is 44.7 Å².